The standard InChI is InChI=1S/C13H14N2O3/c1-14-10-5-3-2-4-9(10)12(17)15-7-8(16)6-11(15)13(14)18/h2-5,8,11,16H,6-7H2,1H3/t8-,11+/m1/s1. The van der Waals surface area contributed by atoms with Crippen LogP contribution >= 0.6 is 0 Å². The first-order chi connectivity index (χ1) is 8.59. The second-order valence-corrected chi connectivity index (χ2v) is 4.78. The fourth-order valence-electron chi connectivity index (χ4n) is 2.72. The maximum Gasteiger partial charge on any atom is 0.256 e. The summed E-state index contributed by atoms with van der Waals surface area (Å²) < 4.78 is 0. The summed E-state index contributed by atoms with van der Waals surface area (Å²) in [6.45, 7) is 0.234. The van der Waals surface area contributed by atoms with Gasteiger partial charge in [0.1, 0.15) is 6.04 Å². The molecule has 18 heavy (non-hydrogen) atoms. The van der Waals surface area contributed by atoms with E-state index in [2.05, 4.69) is 0 Å². The molecule has 3 rings (SSSR count). The van der Waals surface area contributed by atoms with Gasteiger partial charge in [-0.05, 0) is 12.1 Å². The number of hydrogen-bond donors (Lipinski definition) is 1. The van der Waals surface area contributed by atoms with E-state index >= 15 is 0 Å². The molecule has 2 amide bonds. The Bertz CT molecular complexity index is 529. The monoisotopic (exact) mass is 246 g/mol. The van der Waals surface area contributed by atoms with Crippen LogP contribution in [-0.2, 0) is 4.79 Å². The van der Waals surface area contributed by atoms with Crippen molar-refractivity contribution in [2.75, 3.05) is 18.5 Å². The number of aliphatic hydroxyl groups excluding tert-OH is 1. The van der Waals surface area contributed by atoms with Crippen LogP contribution in [0.4, 0.5) is 5.69 Å². The van der Waals surface area contributed by atoms with Gasteiger partial charge in [-0.15, -0.1) is 0 Å². The summed E-state index contributed by atoms with van der Waals surface area (Å²) in [6, 6.07) is 6.53. The predicted octanol–water partition coefficient (Wildman–Crippen LogP) is 0.238. The molecular formula is C13H14N2O3. The predicted molar refractivity (Wildman–Crippen MR) is 65.3 cm³/mol. The van der Waals surface area contributed by atoms with Gasteiger partial charge in [0.25, 0.3) is 5.91 Å². The zero-order valence-corrected chi connectivity index (χ0v) is 10.0. The third kappa shape index (κ3) is 1.44. The van der Waals surface area contributed by atoms with Crippen molar-refractivity contribution in [3.63, 3.8) is 0 Å². The normalized spacial score (nSPS) is 27.0. The van der Waals surface area contributed by atoms with E-state index in [0.29, 0.717) is 17.7 Å². The molecule has 0 spiro atoms. The molecule has 0 aliphatic carbocycles. The number of benzene rings is 1. The van der Waals surface area contributed by atoms with Gasteiger partial charge >= 0.3 is 0 Å². The minimum absolute atomic E-state index is 0.134. The zero-order chi connectivity index (χ0) is 12.9. The number of hydrogen-bond acceptors (Lipinski definition) is 3. The summed E-state index contributed by atoms with van der Waals surface area (Å²) in [7, 11) is 1.67. The van der Waals surface area contributed by atoms with Gasteiger partial charge in [-0.1, -0.05) is 12.1 Å². The van der Waals surface area contributed by atoms with Crippen LogP contribution in [0.15, 0.2) is 24.3 Å². The molecule has 0 unspecified atom stereocenters. The van der Waals surface area contributed by atoms with Crippen LogP contribution in [0.2, 0.25) is 0 Å². The molecule has 1 N–H and O–H groups in total. The van der Waals surface area contributed by atoms with Crippen LogP contribution < -0.4 is 4.90 Å². The second-order valence-electron chi connectivity index (χ2n) is 4.78. The highest BCUT2D eigenvalue weighted by molar-refractivity contribution is 6.11. The molecule has 5 nitrogen and oxygen atoms in total. The van der Waals surface area contributed by atoms with E-state index in [0.717, 1.165) is 0 Å². The summed E-state index contributed by atoms with van der Waals surface area (Å²) in [5, 5.41) is 9.66. The van der Waals surface area contributed by atoms with E-state index in [1.54, 1.807) is 31.3 Å². The Labute approximate surface area is 105 Å². The number of carbonyl (C=O) groups is 2. The number of carbonyl (C=O) groups excluding carboxylic acids is 2. The Kier molecular flexibility index (Phi) is 2.38. The number of para-hydroxylation sites is 1. The van der Waals surface area contributed by atoms with Crippen molar-refractivity contribution in [3.8, 4) is 0 Å². The molecule has 1 aromatic rings. The Morgan fingerprint density at radius 2 is 2.00 bits per heavy atom. The second kappa shape index (κ2) is 3.81. The minimum atomic E-state index is -0.610. The quantitative estimate of drug-likeness (QED) is 0.713. The van der Waals surface area contributed by atoms with Crippen LogP contribution in [-0.4, -0.2) is 47.6 Å². The molecule has 5 heteroatoms. The van der Waals surface area contributed by atoms with E-state index in [1.807, 2.05) is 0 Å². The molecule has 0 saturated carbocycles. The molecule has 0 bridgehead atoms. The molecule has 1 aromatic carbocycles. The lowest BCUT2D eigenvalue weighted by Crippen LogP contribution is -2.43. The van der Waals surface area contributed by atoms with Gasteiger partial charge in [-0.25, -0.2) is 0 Å². The summed E-state index contributed by atoms with van der Waals surface area (Å²) in [5.74, 6) is -0.310. The van der Waals surface area contributed by atoms with Gasteiger partial charge in [-0.2, -0.15) is 0 Å². The lowest BCUT2D eigenvalue weighted by molar-refractivity contribution is -0.121. The average Bonchev–Trinajstić information content (AvgIpc) is 2.75. The third-order valence-corrected chi connectivity index (χ3v) is 3.65. The first-order valence-electron chi connectivity index (χ1n) is 5.95. The number of anilines is 1. The molecule has 2 aliphatic rings. The van der Waals surface area contributed by atoms with Gasteiger partial charge in [0.05, 0.1) is 17.4 Å². The van der Waals surface area contributed by atoms with Crippen LogP contribution in [0.1, 0.15) is 16.8 Å². The smallest absolute Gasteiger partial charge is 0.256 e. The van der Waals surface area contributed by atoms with Gasteiger partial charge in [-0.3, -0.25) is 9.59 Å². The van der Waals surface area contributed by atoms with Crippen molar-refractivity contribution in [1.29, 1.82) is 0 Å². The van der Waals surface area contributed by atoms with E-state index in [-0.39, 0.29) is 18.4 Å². The third-order valence-electron chi connectivity index (χ3n) is 3.65. The number of aliphatic hydroxyl groups is 1. The summed E-state index contributed by atoms with van der Waals surface area (Å²) >= 11 is 0. The first-order valence-corrected chi connectivity index (χ1v) is 5.95. The highest BCUT2D eigenvalue weighted by atomic mass is 16.3. The highest BCUT2D eigenvalue weighted by Crippen LogP contribution is 2.31. The van der Waals surface area contributed by atoms with Crippen molar-refractivity contribution in [2.45, 2.75) is 18.6 Å². The first kappa shape index (κ1) is 11.2. The zero-order valence-electron chi connectivity index (χ0n) is 10.0. The van der Waals surface area contributed by atoms with Crippen LogP contribution in [0.3, 0.4) is 0 Å². The van der Waals surface area contributed by atoms with Crippen molar-refractivity contribution < 1.29 is 14.7 Å². The summed E-state index contributed by atoms with van der Waals surface area (Å²) in [4.78, 5) is 27.7. The van der Waals surface area contributed by atoms with E-state index in [1.165, 1.54) is 9.80 Å². The fourth-order valence-corrected chi connectivity index (χ4v) is 2.72. The summed E-state index contributed by atoms with van der Waals surface area (Å²) in [6.07, 6.45) is -0.287. The topological polar surface area (TPSA) is 60.9 Å². The summed E-state index contributed by atoms with van der Waals surface area (Å²) in [5.41, 5.74) is 1.15. The Balaban J connectivity index is 2.14. The van der Waals surface area contributed by atoms with E-state index in [4.69, 9.17) is 0 Å². The van der Waals surface area contributed by atoms with Crippen molar-refractivity contribution in [1.82, 2.24) is 4.90 Å². The van der Waals surface area contributed by atoms with Gasteiger partial charge in [0.15, 0.2) is 0 Å². The van der Waals surface area contributed by atoms with Crippen molar-refractivity contribution in [2.24, 2.45) is 0 Å². The van der Waals surface area contributed by atoms with E-state index < -0.39 is 12.1 Å². The van der Waals surface area contributed by atoms with Gasteiger partial charge in [0, 0.05) is 20.0 Å². The Morgan fingerprint density at radius 1 is 1.28 bits per heavy atom. The number of likely N-dealkylation sites (N-methyl/N-ethyl adjacent to an activating group) is 1. The molecule has 1 fully saturated rings. The number of rotatable bonds is 0. The van der Waals surface area contributed by atoms with Crippen LogP contribution in [0.5, 0.6) is 0 Å². The molecule has 1 saturated heterocycles. The minimum Gasteiger partial charge on any atom is -0.391 e. The molecule has 2 aliphatic heterocycles. The Hall–Kier alpha value is -1.88. The van der Waals surface area contributed by atoms with Gasteiger partial charge < -0.3 is 14.9 Å². The number of fused-ring (bicyclic) bond motifs is 2. The van der Waals surface area contributed by atoms with Crippen LogP contribution in [0, 0.1) is 0 Å². The number of amides is 2. The Morgan fingerprint density at radius 3 is 2.78 bits per heavy atom. The lowest BCUT2D eigenvalue weighted by Gasteiger charge is -2.22. The average molecular weight is 246 g/mol. The molecule has 2 heterocycles. The maximum absolute atomic E-state index is 12.4. The number of nitrogens with zero attached hydrogens (tertiary/aromatic N) is 2. The molecule has 0 radical (unpaired) electrons. The van der Waals surface area contributed by atoms with Crippen molar-refractivity contribution in [3.05, 3.63) is 29.8 Å². The molecule has 2 atom stereocenters. The highest BCUT2D eigenvalue weighted by Gasteiger charge is 2.43. The van der Waals surface area contributed by atoms with Crippen molar-refractivity contribution >= 4 is 17.5 Å². The van der Waals surface area contributed by atoms with Crippen LogP contribution in [0.25, 0.3) is 0 Å². The van der Waals surface area contributed by atoms with Gasteiger partial charge in [0.2, 0.25) is 5.91 Å². The SMILES string of the molecule is CN1C(=O)[C@@H]2C[C@@H](O)CN2C(=O)c2ccccc21. The largest absolute Gasteiger partial charge is 0.391 e. The van der Waals surface area contributed by atoms with E-state index in [9.17, 15) is 14.7 Å². The lowest BCUT2D eigenvalue weighted by atomic mass is 10.1. The molecule has 0 aromatic heterocycles. The molecular weight excluding hydrogens is 232 g/mol. The maximum atomic E-state index is 12.4. The fraction of sp³-hybridized carbons (Fsp3) is 0.385. The molecule has 94 valence electrons.